The summed E-state index contributed by atoms with van der Waals surface area (Å²) in [6.45, 7) is 2.38. The van der Waals surface area contributed by atoms with E-state index in [0.29, 0.717) is 5.92 Å². The molecule has 1 aliphatic rings. The van der Waals surface area contributed by atoms with Crippen LogP contribution in [0.5, 0.6) is 0 Å². The number of fused-ring (bicyclic) bond motifs is 1. The molecule has 0 radical (unpaired) electrons. The minimum absolute atomic E-state index is 0.127. The van der Waals surface area contributed by atoms with Gasteiger partial charge in [0, 0.05) is 12.4 Å². The molecule has 0 saturated heterocycles. The van der Waals surface area contributed by atoms with Crippen molar-refractivity contribution in [1.29, 1.82) is 0 Å². The molecule has 2 rings (SSSR count). The van der Waals surface area contributed by atoms with Crippen molar-refractivity contribution in [2.24, 2.45) is 0 Å². The van der Waals surface area contributed by atoms with Crippen LogP contribution in [0.15, 0.2) is 18.5 Å². The number of nitrogens with zero attached hydrogens (tertiary/aromatic N) is 1. The van der Waals surface area contributed by atoms with Gasteiger partial charge in [-0.2, -0.15) is 0 Å². The molecule has 0 aromatic carbocycles. The van der Waals surface area contributed by atoms with Gasteiger partial charge in [0.2, 0.25) is 0 Å². The van der Waals surface area contributed by atoms with Crippen molar-refractivity contribution in [2.75, 3.05) is 0 Å². The zero-order valence-electron chi connectivity index (χ0n) is 8.85. The lowest BCUT2D eigenvalue weighted by Gasteiger charge is -2.34. The van der Waals surface area contributed by atoms with Crippen molar-refractivity contribution in [3.63, 3.8) is 0 Å². The maximum Gasteiger partial charge on any atom is 0.0302 e. The Morgan fingerprint density at radius 1 is 1.60 bits per heavy atom. The van der Waals surface area contributed by atoms with Gasteiger partial charge in [-0.1, -0.05) is 22.2 Å². The van der Waals surface area contributed by atoms with Gasteiger partial charge < -0.3 is 0 Å². The lowest BCUT2D eigenvalue weighted by molar-refractivity contribution is 0.602. The molecule has 0 bridgehead atoms. The third-order valence-electron chi connectivity index (χ3n) is 3.22. The largest absolute Gasteiger partial charge is 0.264 e. The number of aryl methyl sites for hydroxylation is 1. The predicted molar refractivity (Wildman–Crippen MR) is 79.4 cm³/mol. The highest BCUT2D eigenvalue weighted by atomic mass is 32.6. The summed E-state index contributed by atoms with van der Waals surface area (Å²) >= 11 is 0. The van der Waals surface area contributed by atoms with E-state index in [-0.39, 0.29) is 7.30 Å². The summed E-state index contributed by atoms with van der Waals surface area (Å²) in [4.78, 5) is 4.22. The minimum atomic E-state index is 0.127. The molecule has 1 nitrogen and oxygen atoms in total. The van der Waals surface area contributed by atoms with Gasteiger partial charge >= 0.3 is 0 Å². The summed E-state index contributed by atoms with van der Waals surface area (Å²) in [6, 6.07) is 2.21. The van der Waals surface area contributed by atoms with E-state index in [1.165, 1.54) is 18.4 Å². The van der Waals surface area contributed by atoms with Crippen molar-refractivity contribution in [3.05, 3.63) is 29.6 Å². The molecule has 1 heterocycles. The standard InChI is InChI=1S/C10H17NP4/c1-7-9-4-5-11-6-8(9)2-3-10(7)15(13)14-12/h4-7,10,14H,2-3,12-13H2,1H3. The van der Waals surface area contributed by atoms with E-state index < -0.39 is 0 Å². The topological polar surface area (TPSA) is 12.9 Å². The minimum Gasteiger partial charge on any atom is -0.264 e. The van der Waals surface area contributed by atoms with E-state index in [4.69, 9.17) is 0 Å². The summed E-state index contributed by atoms with van der Waals surface area (Å²) in [6.07, 6.45) is 6.55. The van der Waals surface area contributed by atoms with Gasteiger partial charge in [-0.05, 0) is 41.6 Å². The Hall–Kier alpha value is 0.870. The van der Waals surface area contributed by atoms with Gasteiger partial charge in [-0.25, -0.2) is 0 Å². The third kappa shape index (κ3) is 2.58. The summed E-state index contributed by atoms with van der Waals surface area (Å²) in [7, 11) is 7.14. The van der Waals surface area contributed by atoms with Gasteiger partial charge in [-0.15, -0.1) is 17.9 Å². The number of aromatic nitrogens is 1. The van der Waals surface area contributed by atoms with Crippen LogP contribution in [0.3, 0.4) is 0 Å². The monoisotopic (exact) mass is 275 g/mol. The fraction of sp³-hybridized carbons (Fsp3) is 0.500. The maximum atomic E-state index is 4.22. The Morgan fingerprint density at radius 3 is 3.13 bits per heavy atom. The van der Waals surface area contributed by atoms with Crippen LogP contribution in [0.25, 0.3) is 0 Å². The van der Waals surface area contributed by atoms with E-state index in [2.05, 4.69) is 42.0 Å². The van der Waals surface area contributed by atoms with Crippen molar-refractivity contribution >= 4 is 33.1 Å². The number of pyridine rings is 1. The molecule has 6 atom stereocenters. The molecule has 15 heavy (non-hydrogen) atoms. The van der Waals surface area contributed by atoms with E-state index in [1.807, 2.05) is 6.20 Å². The lowest BCUT2D eigenvalue weighted by atomic mass is 9.85. The van der Waals surface area contributed by atoms with E-state index in [9.17, 15) is 0 Å². The van der Waals surface area contributed by atoms with Gasteiger partial charge in [-0.3, -0.25) is 4.98 Å². The maximum absolute atomic E-state index is 4.22. The Labute approximate surface area is 99.2 Å². The Kier molecular flexibility index (Phi) is 4.50. The Balaban J connectivity index is 2.25. The van der Waals surface area contributed by atoms with E-state index in [1.54, 1.807) is 5.56 Å². The molecular formula is C10H17NP4. The quantitative estimate of drug-likeness (QED) is 0.739. The van der Waals surface area contributed by atoms with Crippen molar-refractivity contribution in [2.45, 2.75) is 31.3 Å². The summed E-state index contributed by atoms with van der Waals surface area (Å²) in [5, 5.41) is 0. The smallest absolute Gasteiger partial charge is 0.0302 e. The molecule has 82 valence electrons. The average molecular weight is 275 g/mol. The molecule has 0 aliphatic heterocycles. The second kappa shape index (κ2) is 5.47. The average Bonchev–Trinajstić information content (AvgIpc) is 2.29. The van der Waals surface area contributed by atoms with Gasteiger partial charge in [0.1, 0.15) is 0 Å². The first-order chi connectivity index (χ1) is 7.24. The zero-order chi connectivity index (χ0) is 10.8. The molecule has 0 spiro atoms. The first-order valence-electron chi connectivity index (χ1n) is 5.17. The normalized spacial score (nSPS) is 27.9. The molecular weight excluding hydrogens is 258 g/mol. The van der Waals surface area contributed by atoms with Gasteiger partial charge in [0.25, 0.3) is 0 Å². The first-order valence-corrected chi connectivity index (χ1v) is 11.8. The summed E-state index contributed by atoms with van der Waals surface area (Å²) < 4.78 is 0. The van der Waals surface area contributed by atoms with Crippen molar-refractivity contribution in [3.8, 4) is 0 Å². The van der Waals surface area contributed by atoms with Gasteiger partial charge in [0.15, 0.2) is 0 Å². The highest BCUT2D eigenvalue weighted by molar-refractivity contribution is 8.61. The predicted octanol–water partition coefficient (Wildman–Crippen LogP) is 4.16. The van der Waals surface area contributed by atoms with Crippen LogP contribution in [-0.2, 0) is 6.42 Å². The SMILES string of the molecule is CC1c2ccncc2CCC1P(P)PP. The number of hydrogen-bond donors (Lipinski definition) is 0. The van der Waals surface area contributed by atoms with Crippen molar-refractivity contribution < 1.29 is 0 Å². The van der Waals surface area contributed by atoms with Crippen LogP contribution < -0.4 is 0 Å². The highest BCUT2D eigenvalue weighted by Crippen LogP contribution is 2.72. The van der Waals surface area contributed by atoms with Crippen molar-refractivity contribution in [1.82, 2.24) is 4.98 Å². The van der Waals surface area contributed by atoms with Crippen LogP contribution in [0.2, 0.25) is 0 Å². The molecule has 1 aliphatic carbocycles. The van der Waals surface area contributed by atoms with Crippen LogP contribution in [0, 0.1) is 0 Å². The van der Waals surface area contributed by atoms with Gasteiger partial charge in [0.05, 0.1) is 0 Å². The number of hydrogen-bond acceptors (Lipinski definition) is 1. The Bertz CT molecular complexity index is 344. The fourth-order valence-electron chi connectivity index (χ4n) is 2.33. The summed E-state index contributed by atoms with van der Waals surface area (Å²) in [5.41, 5.74) is 3.90. The summed E-state index contributed by atoms with van der Waals surface area (Å²) in [5.74, 6) is 0.716. The second-order valence-corrected chi connectivity index (χ2v) is 13.6. The highest BCUT2D eigenvalue weighted by Gasteiger charge is 2.29. The third-order valence-corrected chi connectivity index (χ3v) is 14.7. The molecule has 0 fully saturated rings. The van der Waals surface area contributed by atoms with E-state index in [0.717, 1.165) is 13.6 Å². The van der Waals surface area contributed by atoms with E-state index >= 15 is 0 Å². The van der Waals surface area contributed by atoms with Crippen LogP contribution >= 0.6 is 33.1 Å². The zero-order valence-corrected chi connectivity index (χ0v) is 13.1. The Morgan fingerprint density at radius 2 is 2.40 bits per heavy atom. The molecule has 0 saturated carbocycles. The molecule has 1 aromatic heterocycles. The number of rotatable bonds is 2. The van der Waals surface area contributed by atoms with Crippen LogP contribution in [0.4, 0.5) is 0 Å². The molecule has 1 aromatic rings. The first kappa shape index (κ1) is 12.3. The van der Waals surface area contributed by atoms with Crippen LogP contribution in [0.1, 0.15) is 30.4 Å². The molecule has 6 unspecified atom stereocenters. The molecule has 0 amide bonds. The van der Waals surface area contributed by atoms with Crippen LogP contribution in [-0.4, -0.2) is 10.6 Å². The fourth-order valence-corrected chi connectivity index (χ4v) is 8.15. The molecule has 5 heteroatoms. The second-order valence-electron chi connectivity index (χ2n) is 4.01. The molecule has 0 N–H and O–H groups in total. The lowest BCUT2D eigenvalue weighted by Crippen LogP contribution is -2.20.